The van der Waals surface area contributed by atoms with Crippen LogP contribution >= 0.6 is 34.8 Å². The van der Waals surface area contributed by atoms with Gasteiger partial charge in [-0.05, 0) is 199 Å². The number of hydrogen-bond acceptors (Lipinski definition) is 12. The van der Waals surface area contributed by atoms with Gasteiger partial charge < -0.3 is 45.3 Å². The van der Waals surface area contributed by atoms with E-state index < -0.39 is 0 Å². The van der Waals surface area contributed by atoms with Crippen LogP contribution in [0.3, 0.4) is 0 Å². The van der Waals surface area contributed by atoms with E-state index in [1.165, 1.54) is 49.9 Å². The predicted octanol–water partition coefficient (Wildman–Crippen LogP) is 19.8. The lowest BCUT2D eigenvalue weighted by Crippen LogP contribution is -2.49. The number of hydrogen-bond donors (Lipinski definition) is 3. The molecule has 0 unspecified atom stereocenters. The highest BCUT2D eigenvalue weighted by atomic mass is 35.5. The molecule has 528 valence electrons. The zero-order valence-electron chi connectivity index (χ0n) is 61.7. The van der Waals surface area contributed by atoms with Crippen molar-refractivity contribution in [3.8, 4) is 0 Å². The summed E-state index contributed by atoms with van der Waals surface area (Å²) >= 11 is 18.3. The van der Waals surface area contributed by atoms with Gasteiger partial charge in [-0.2, -0.15) is 0 Å². The fourth-order valence-corrected chi connectivity index (χ4v) is 14.7. The molecule has 15 heteroatoms. The number of nitrogens with zero attached hydrogens (tertiary/aromatic N) is 9. The lowest BCUT2D eigenvalue weighted by atomic mass is 9.99. The largest absolute Gasteiger partial charge is 0.371 e. The number of nitrogens with one attached hydrogen (secondary N) is 3. The Morgan fingerprint density at radius 2 is 0.697 bits per heavy atom. The number of halogens is 3. The molecule has 3 aliphatic rings. The second-order valence-electron chi connectivity index (χ2n) is 31.4. The van der Waals surface area contributed by atoms with E-state index in [1.807, 2.05) is 36.4 Å². The van der Waals surface area contributed by atoms with E-state index in [0.717, 1.165) is 160 Å². The maximum Gasteiger partial charge on any atom is 0.131 e. The molecule has 0 spiro atoms. The molecule has 0 bridgehead atoms. The Morgan fingerprint density at radius 1 is 0.404 bits per heavy atom. The van der Waals surface area contributed by atoms with Crippen molar-refractivity contribution in [1.29, 1.82) is 0 Å². The van der Waals surface area contributed by atoms with Crippen molar-refractivity contribution in [1.82, 2.24) is 30.9 Å². The van der Waals surface area contributed by atoms with Gasteiger partial charge in [0.25, 0.3) is 0 Å². The van der Waals surface area contributed by atoms with Crippen molar-refractivity contribution in [2.24, 2.45) is 5.92 Å². The van der Waals surface area contributed by atoms with Crippen molar-refractivity contribution in [2.45, 2.75) is 196 Å². The predicted molar refractivity (Wildman–Crippen MR) is 428 cm³/mol. The van der Waals surface area contributed by atoms with E-state index in [1.54, 1.807) is 0 Å². The Labute approximate surface area is 608 Å². The highest BCUT2D eigenvalue weighted by Crippen LogP contribution is 2.37. The topological polar surface area (TPSA) is 94.2 Å². The van der Waals surface area contributed by atoms with Crippen LogP contribution in [0, 0.1) is 5.92 Å². The molecule has 3 saturated heterocycles. The summed E-state index contributed by atoms with van der Waals surface area (Å²) in [6.07, 6.45) is 6.94. The second-order valence-corrected chi connectivity index (χ2v) is 32.7. The Kier molecular flexibility index (Phi) is 25.5. The summed E-state index contributed by atoms with van der Waals surface area (Å²) in [6.45, 7) is 42.1. The molecule has 3 aliphatic heterocycles. The molecule has 0 aliphatic carbocycles. The molecule has 9 aromatic rings. The molecule has 0 saturated carbocycles. The average Bonchev–Trinajstić information content (AvgIpc) is 0.793. The Hall–Kier alpha value is -6.90. The number of para-hydroxylation sites is 3. The second kappa shape index (κ2) is 33.7. The fraction of sp³-hybridized carbons (Fsp3) is 0.464. The summed E-state index contributed by atoms with van der Waals surface area (Å²) in [4.78, 5) is 30.0. The Bertz CT molecular complexity index is 4000. The molecule has 12 rings (SSSR count). The third kappa shape index (κ3) is 21.6. The van der Waals surface area contributed by atoms with E-state index in [0.29, 0.717) is 30.1 Å². The summed E-state index contributed by atoms with van der Waals surface area (Å²) in [7, 11) is 0. The quantitative estimate of drug-likeness (QED) is 0.0720. The van der Waals surface area contributed by atoms with Crippen molar-refractivity contribution >= 4 is 102 Å². The monoisotopic (exact) mass is 1390 g/mol. The molecular formula is C84H111Cl3N12. The van der Waals surface area contributed by atoms with E-state index >= 15 is 0 Å². The van der Waals surface area contributed by atoms with Crippen LogP contribution < -0.4 is 45.3 Å². The van der Waals surface area contributed by atoms with Gasteiger partial charge in [-0.3, -0.25) is 0 Å². The van der Waals surface area contributed by atoms with Gasteiger partial charge in [0, 0.05) is 179 Å². The minimum Gasteiger partial charge on any atom is -0.371 e. The minimum absolute atomic E-state index is 0.155. The number of aromatic nitrogens is 3. The first-order valence-electron chi connectivity index (χ1n) is 36.5. The smallest absolute Gasteiger partial charge is 0.131 e. The van der Waals surface area contributed by atoms with Gasteiger partial charge in [0.15, 0.2) is 0 Å². The fourth-order valence-electron chi connectivity index (χ4n) is 14.3. The molecule has 99 heavy (non-hydrogen) atoms. The summed E-state index contributed by atoms with van der Waals surface area (Å²) in [6, 6.07) is 59.0. The number of piperidine rings is 3. The van der Waals surface area contributed by atoms with E-state index in [4.69, 9.17) is 49.8 Å². The molecule has 0 amide bonds. The molecule has 6 aromatic carbocycles. The highest BCUT2D eigenvalue weighted by Gasteiger charge is 2.29. The van der Waals surface area contributed by atoms with Gasteiger partial charge in [-0.1, -0.05) is 140 Å². The molecule has 6 heterocycles. The van der Waals surface area contributed by atoms with E-state index in [-0.39, 0.29) is 16.6 Å². The van der Waals surface area contributed by atoms with Crippen LogP contribution in [0.2, 0.25) is 15.1 Å². The maximum atomic E-state index is 6.13. The zero-order chi connectivity index (χ0) is 70.6. The molecule has 3 fully saturated rings. The van der Waals surface area contributed by atoms with Gasteiger partial charge in [0.1, 0.15) is 17.5 Å². The van der Waals surface area contributed by atoms with E-state index in [2.05, 4.69) is 270 Å². The number of benzene rings is 6. The summed E-state index contributed by atoms with van der Waals surface area (Å²) in [5.74, 6) is 3.64. The number of fused-ring (bicyclic) bond motifs is 3. The minimum atomic E-state index is 0.155. The van der Waals surface area contributed by atoms with Gasteiger partial charge >= 0.3 is 0 Å². The lowest BCUT2D eigenvalue weighted by Gasteiger charge is -2.38. The van der Waals surface area contributed by atoms with Gasteiger partial charge in [-0.15, -0.1) is 0 Å². The molecule has 3 N–H and O–H groups in total. The number of anilines is 6. The Morgan fingerprint density at radius 3 is 1.01 bits per heavy atom. The van der Waals surface area contributed by atoms with Crippen molar-refractivity contribution in [2.75, 3.05) is 81.8 Å². The van der Waals surface area contributed by atoms with Crippen LogP contribution in [0.25, 0.3) is 32.7 Å². The summed E-state index contributed by atoms with van der Waals surface area (Å²) in [5, 5.41) is 17.4. The first kappa shape index (κ1) is 74.8. The van der Waals surface area contributed by atoms with Crippen LogP contribution in [0.4, 0.5) is 34.5 Å². The maximum absolute atomic E-state index is 6.13. The third-order valence-electron chi connectivity index (χ3n) is 18.8. The third-order valence-corrected chi connectivity index (χ3v) is 19.6. The molecule has 0 atom stereocenters. The molecular weight excluding hydrogens is 1280 g/mol. The number of pyridine rings is 3. The van der Waals surface area contributed by atoms with Crippen molar-refractivity contribution < 1.29 is 0 Å². The van der Waals surface area contributed by atoms with Gasteiger partial charge in [0.2, 0.25) is 0 Å². The SMILES string of the molecule is CC(C)CN(Cc1ccc(Cl)cc1)c1cc(N2CCC(NC(C)(C)C)CC2)c2ccccc2n1.CC(C)N(Cc1ccc(Cl)cc1)c1cc(N2CCC(NC(C)(C)C)CC2)c2ccccc2n1.CCN(Cc1ccc(Cl)cc1)c1cc(N2CCC(NC(C)(C)C)CC2)c2ccccc2n1. The first-order valence-corrected chi connectivity index (χ1v) is 37.6. The standard InChI is InChI=1S/C29H39ClN4.C28H37ClN4.C27H35ClN4/c1-21(2)19-34(20-22-10-12-23(30)13-11-22)28-18-27(25-8-6-7-9-26(25)31-28)33-16-14-24(15-17-33)32-29(3,4)5;1-20(2)33(19-21-10-12-22(29)13-11-21)27-18-26(24-8-6-7-9-25(24)30-27)32-16-14-23(15-17-32)31-28(3,4)5;1-5-31(19-20-10-12-21(28)13-11-20)26-18-25(23-8-6-7-9-24(23)29-26)32-16-14-22(15-17-32)30-27(2,3)4/h6-13,18,21,24,32H,14-17,19-20H2,1-5H3;6-13,18,20,23,31H,14-17,19H2,1-5H3;6-13,18,22,30H,5,14-17,19H2,1-4H3. The normalized spacial score (nSPS) is 15.4. The van der Waals surface area contributed by atoms with Crippen LogP contribution in [0.15, 0.2) is 164 Å². The van der Waals surface area contributed by atoms with Crippen LogP contribution in [0.5, 0.6) is 0 Å². The van der Waals surface area contributed by atoms with Gasteiger partial charge in [0.05, 0.1) is 16.6 Å². The highest BCUT2D eigenvalue weighted by molar-refractivity contribution is 6.31. The van der Waals surface area contributed by atoms with Crippen LogP contribution in [0.1, 0.15) is 152 Å². The lowest BCUT2D eigenvalue weighted by molar-refractivity contribution is 0.317. The summed E-state index contributed by atoms with van der Waals surface area (Å²) in [5.41, 5.74) is 11.3. The summed E-state index contributed by atoms with van der Waals surface area (Å²) < 4.78 is 0. The molecule has 0 radical (unpaired) electrons. The van der Waals surface area contributed by atoms with Gasteiger partial charge in [-0.25, -0.2) is 15.0 Å². The Balaban J connectivity index is 0.000000161. The van der Waals surface area contributed by atoms with Crippen LogP contribution in [-0.4, -0.2) is 108 Å². The van der Waals surface area contributed by atoms with Crippen LogP contribution in [-0.2, 0) is 19.6 Å². The van der Waals surface area contributed by atoms with E-state index in [9.17, 15) is 0 Å². The number of rotatable bonds is 19. The van der Waals surface area contributed by atoms with Crippen molar-refractivity contribution in [3.63, 3.8) is 0 Å². The molecule has 12 nitrogen and oxygen atoms in total. The average molecular weight is 1400 g/mol. The first-order chi connectivity index (χ1) is 47.2. The zero-order valence-corrected chi connectivity index (χ0v) is 63.9. The van der Waals surface area contributed by atoms with Crippen molar-refractivity contribution in [3.05, 3.63) is 196 Å². The molecule has 3 aromatic heterocycles.